The van der Waals surface area contributed by atoms with Crippen LogP contribution < -0.4 is 16.0 Å². The Morgan fingerprint density at radius 3 is 2.00 bits per heavy atom. The van der Waals surface area contributed by atoms with Gasteiger partial charge in [-0.3, -0.25) is 9.59 Å². The molecule has 2 rings (SSSR count). The minimum absolute atomic E-state index is 0.0424. The molecule has 0 aliphatic rings. The first-order valence-electron chi connectivity index (χ1n) is 7.88. The number of rotatable bonds is 5. The van der Waals surface area contributed by atoms with Gasteiger partial charge in [0.15, 0.2) is 10.9 Å². The predicted octanol–water partition coefficient (Wildman–Crippen LogP) is 5.06. The maximum atomic E-state index is 12.4. The van der Waals surface area contributed by atoms with Crippen molar-refractivity contribution in [2.24, 2.45) is 0 Å². The molecule has 0 aliphatic carbocycles. The van der Waals surface area contributed by atoms with E-state index in [1.54, 1.807) is 48.5 Å². The predicted molar refractivity (Wildman–Crippen MR) is 121 cm³/mol. The van der Waals surface area contributed by atoms with Crippen molar-refractivity contribution < 1.29 is 9.59 Å². The molecule has 2 aromatic carbocycles. The zero-order valence-corrected chi connectivity index (χ0v) is 19.1. The fourth-order valence-electron chi connectivity index (χ4n) is 2.10. The molecule has 1 amide bonds. The van der Waals surface area contributed by atoms with E-state index in [0.29, 0.717) is 16.8 Å². The molecule has 0 aromatic heterocycles. The number of benzene rings is 2. The monoisotopic (exact) mass is 521 g/mol. The van der Waals surface area contributed by atoms with Gasteiger partial charge < -0.3 is 16.0 Å². The Morgan fingerprint density at radius 1 is 0.964 bits per heavy atom. The Morgan fingerprint density at radius 2 is 1.50 bits per heavy atom. The van der Waals surface area contributed by atoms with Gasteiger partial charge in [-0.05, 0) is 67.7 Å². The van der Waals surface area contributed by atoms with Gasteiger partial charge in [-0.25, -0.2) is 0 Å². The first-order valence-corrected chi connectivity index (χ1v) is 10.2. The zero-order valence-electron chi connectivity index (χ0n) is 14.4. The number of carbonyl (C=O) groups excluding carboxylic acids is 2. The molecule has 0 saturated carbocycles. The molecule has 10 heteroatoms. The van der Waals surface area contributed by atoms with Gasteiger partial charge in [-0.1, -0.05) is 50.7 Å². The highest BCUT2D eigenvalue weighted by Gasteiger charge is 2.34. The van der Waals surface area contributed by atoms with Crippen LogP contribution in [0.4, 0.5) is 5.69 Å². The smallest absolute Gasteiger partial charge is 0.252 e. The Balaban J connectivity index is 2.04. The lowest BCUT2D eigenvalue weighted by Crippen LogP contribution is -2.56. The second-order valence-corrected chi connectivity index (χ2v) is 9.38. The van der Waals surface area contributed by atoms with Crippen molar-refractivity contribution in [3.63, 3.8) is 0 Å². The summed E-state index contributed by atoms with van der Waals surface area (Å²) in [5.74, 6) is -0.482. The quantitative estimate of drug-likeness (QED) is 0.221. The topological polar surface area (TPSA) is 70.2 Å². The number of thiocarbonyl (C=S) groups is 1. The van der Waals surface area contributed by atoms with Crippen molar-refractivity contribution in [3.8, 4) is 0 Å². The first kappa shape index (κ1) is 22.9. The number of hydrogen-bond acceptors (Lipinski definition) is 3. The second-order valence-electron chi connectivity index (χ2n) is 5.69. The van der Waals surface area contributed by atoms with Crippen LogP contribution in [-0.2, 0) is 0 Å². The number of alkyl halides is 3. The third-order valence-electron chi connectivity index (χ3n) is 3.53. The van der Waals surface area contributed by atoms with E-state index in [4.69, 9.17) is 47.0 Å². The second kappa shape index (κ2) is 9.89. The number of anilines is 1. The largest absolute Gasteiger partial charge is 0.339 e. The third-order valence-corrected chi connectivity index (χ3v) is 4.94. The Kier molecular flexibility index (Phi) is 8.09. The van der Waals surface area contributed by atoms with Gasteiger partial charge in [0, 0.05) is 21.3 Å². The van der Waals surface area contributed by atoms with Crippen LogP contribution >= 0.6 is 63.0 Å². The molecule has 0 saturated heterocycles. The summed E-state index contributed by atoms with van der Waals surface area (Å²) in [6.07, 6.45) is -1.09. The fraction of sp³-hybridized carbons (Fsp3) is 0.167. The number of amides is 1. The van der Waals surface area contributed by atoms with E-state index in [2.05, 4.69) is 31.9 Å². The molecule has 0 bridgehead atoms. The van der Waals surface area contributed by atoms with E-state index >= 15 is 0 Å². The lowest BCUT2D eigenvalue weighted by molar-refractivity contribution is 0.0933. The first-order chi connectivity index (χ1) is 13.1. The maximum absolute atomic E-state index is 12.4. The van der Waals surface area contributed by atoms with E-state index in [-0.39, 0.29) is 10.9 Å². The van der Waals surface area contributed by atoms with Crippen molar-refractivity contribution in [1.29, 1.82) is 0 Å². The van der Waals surface area contributed by atoms with Crippen molar-refractivity contribution in [1.82, 2.24) is 10.6 Å². The molecule has 3 N–H and O–H groups in total. The molecule has 1 atom stereocenters. The highest BCUT2D eigenvalue weighted by Crippen LogP contribution is 2.29. The molecule has 148 valence electrons. The molecular formula is C18H15BrCl3N3O2S. The van der Waals surface area contributed by atoms with Crippen LogP contribution in [0, 0.1) is 0 Å². The highest BCUT2D eigenvalue weighted by molar-refractivity contribution is 9.10. The van der Waals surface area contributed by atoms with Gasteiger partial charge in [0.05, 0.1) is 0 Å². The lowest BCUT2D eigenvalue weighted by atomic mass is 10.1. The number of halogens is 4. The minimum atomic E-state index is -1.87. The lowest BCUT2D eigenvalue weighted by Gasteiger charge is -2.27. The molecule has 2 aromatic rings. The number of carbonyl (C=O) groups is 2. The van der Waals surface area contributed by atoms with Gasteiger partial charge in [-0.2, -0.15) is 0 Å². The molecule has 0 heterocycles. The van der Waals surface area contributed by atoms with Crippen molar-refractivity contribution in [3.05, 3.63) is 64.1 Å². The molecule has 0 aliphatic heterocycles. The summed E-state index contributed by atoms with van der Waals surface area (Å²) in [6.45, 7) is 1.48. The molecule has 0 spiro atoms. The molecule has 0 radical (unpaired) electrons. The van der Waals surface area contributed by atoms with Crippen LogP contribution in [0.2, 0.25) is 0 Å². The van der Waals surface area contributed by atoms with Crippen LogP contribution in [0.1, 0.15) is 27.6 Å². The van der Waals surface area contributed by atoms with Gasteiger partial charge >= 0.3 is 0 Å². The zero-order chi connectivity index (χ0) is 20.9. The highest BCUT2D eigenvalue weighted by atomic mass is 79.9. The summed E-state index contributed by atoms with van der Waals surface area (Å²) < 4.78 is -1.03. The molecule has 0 fully saturated rings. The summed E-state index contributed by atoms with van der Waals surface area (Å²) in [5, 5.41) is 8.41. The standard InChI is InChI=1S/C18H15BrCl3N3O2S/c1-10(26)11-4-8-14(9-5-11)23-17(28)25-16(18(20,21)22)24-15(27)12-2-6-13(19)7-3-12/h2-9,16H,1H3,(H,24,27)(H2,23,25,28). The molecule has 1 unspecified atom stereocenters. The van der Waals surface area contributed by atoms with E-state index in [1.807, 2.05) is 0 Å². The number of nitrogens with one attached hydrogen (secondary N) is 3. The van der Waals surface area contributed by atoms with Gasteiger partial charge in [0.1, 0.15) is 6.17 Å². The van der Waals surface area contributed by atoms with E-state index in [1.165, 1.54) is 6.92 Å². The van der Waals surface area contributed by atoms with E-state index < -0.39 is 15.9 Å². The number of Topliss-reactive ketones (excluding diaryl/α,β-unsaturated/α-hetero) is 1. The molecular weight excluding hydrogens is 509 g/mol. The van der Waals surface area contributed by atoms with Crippen LogP contribution in [0.25, 0.3) is 0 Å². The van der Waals surface area contributed by atoms with Crippen LogP contribution in [-0.4, -0.2) is 26.8 Å². The van der Waals surface area contributed by atoms with Crippen molar-refractivity contribution in [2.45, 2.75) is 16.9 Å². The van der Waals surface area contributed by atoms with E-state index in [0.717, 1.165) is 4.47 Å². The fourth-order valence-corrected chi connectivity index (χ4v) is 2.93. The van der Waals surface area contributed by atoms with E-state index in [9.17, 15) is 9.59 Å². The minimum Gasteiger partial charge on any atom is -0.339 e. The normalized spacial score (nSPS) is 12.0. The average Bonchev–Trinajstić information content (AvgIpc) is 2.61. The number of hydrogen-bond donors (Lipinski definition) is 3. The summed E-state index contributed by atoms with van der Waals surface area (Å²) in [4.78, 5) is 23.7. The van der Waals surface area contributed by atoms with Crippen molar-refractivity contribution in [2.75, 3.05) is 5.32 Å². The maximum Gasteiger partial charge on any atom is 0.252 e. The Labute approximate surface area is 191 Å². The SMILES string of the molecule is CC(=O)c1ccc(NC(=S)NC(NC(=O)c2ccc(Br)cc2)C(Cl)(Cl)Cl)cc1. The van der Waals surface area contributed by atoms with Gasteiger partial charge in [0.25, 0.3) is 5.91 Å². The van der Waals surface area contributed by atoms with Gasteiger partial charge in [-0.15, -0.1) is 0 Å². The summed E-state index contributed by atoms with van der Waals surface area (Å²) >= 11 is 26.5. The van der Waals surface area contributed by atoms with Gasteiger partial charge in [0.2, 0.25) is 3.79 Å². The van der Waals surface area contributed by atoms with Crippen molar-refractivity contribution >= 4 is 85.4 Å². The number of ketones is 1. The summed E-state index contributed by atoms with van der Waals surface area (Å²) in [7, 11) is 0. The molecule has 5 nitrogen and oxygen atoms in total. The third kappa shape index (κ3) is 6.90. The van der Waals surface area contributed by atoms with Crippen LogP contribution in [0.15, 0.2) is 53.0 Å². The Hall–Kier alpha value is -1.38. The summed E-state index contributed by atoms with van der Waals surface area (Å²) in [5.41, 5.74) is 1.60. The Bertz CT molecular complexity index is 871. The van der Waals surface area contributed by atoms with Crippen LogP contribution in [0.3, 0.4) is 0 Å². The molecule has 28 heavy (non-hydrogen) atoms. The average molecular weight is 524 g/mol. The summed E-state index contributed by atoms with van der Waals surface area (Å²) in [6, 6.07) is 13.4. The van der Waals surface area contributed by atoms with Crippen LogP contribution in [0.5, 0.6) is 0 Å².